The molecule has 0 radical (unpaired) electrons. The molecule has 0 saturated heterocycles. The number of ether oxygens (including phenoxy) is 4. The normalized spacial score (nSPS) is 11.2. The Morgan fingerprint density at radius 3 is 1.37 bits per heavy atom. The summed E-state index contributed by atoms with van der Waals surface area (Å²) >= 11 is 0. The highest BCUT2D eigenvalue weighted by atomic mass is 16.7. The van der Waals surface area contributed by atoms with Gasteiger partial charge in [0.2, 0.25) is 0 Å². The van der Waals surface area contributed by atoms with Gasteiger partial charge in [0.15, 0.2) is 12.2 Å². The second kappa shape index (κ2) is 15.0. The van der Waals surface area contributed by atoms with Gasteiger partial charge >= 0.3 is 12.3 Å². The minimum atomic E-state index is -1.06. The van der Waals surface area contributed by atoms with Crippen LogP contribution in [0.3, 0.4) is 0 Å². The van der Waals surface area contributed by atoms with E-state index < -0.39 is 24.5 Å². The summed E-state index contributed by atoms with van der Waals surface area (Å²) in [5.41, 5.74) is 2.39. The molecule has 0 aliphatic carbocycles. The maximum atomic E-state index is 12.4. The van der Waals surface area contributed by atoms with Gasteiger partial charge in [-0.2, -0.15) is 0 Å². The predicted octanol–water partition coefficient (Wildman–Crippen LogP) is 6.55. The van der Waals surface area contributed by atoms with Crippen LogP contribution in [0.15, 0.2) is 110 Å². The zero-order valence-corrected chi connectivity index (χ0v) is 20.7. The van der Waals surface area contributed by atoms with Gasteiger partial charge in [0, 0.05) is 22.3 Å². The monoisotopic (exact) mass is 506 g/mol. The Bertz CT molecular complexity index is 1250. The Balaban J connectivity index is 2.04. The molecule has 0 aliphatic heterocycles. The maximum Gasteiger partial charge on any atom is 0.510 e. The molecular formula is C32H26O6. The third-order valence-corrected chi connectivity index (χ3v) is 4.87. The average molecular weight is 507 g/mol. The van der Waals surface area contributed by atoms with Crippen molar-refractivity contribution in [1.82, 2.24) is 0 Å². The lowest BCUT2D eigenvalue weighted by Crippen LogP contribution is -2.17. The van der Waals surface area contributed by atoms with Crippen molar-refractivity contribution in [3.05, 3.63) is 132 Å². The maximum absolute atomic E-state index is 12.4. The standard InChI is InChI=1S/C32H26O6/c1-3-23-35-31(33)37-29(21-19-25-13-7-5-8-14-25)27-17-11-12-18-28(27)30(38-32(34)36-24-4-2)22-20-26-15-9-6-10-16-26/h3-18,29-30H,1-2,23-24H2. The third-order valence-electron chi connectivity index (χ3n) is 4.87. The Labute approximate surface area is 222 Å². The van der Waals surface area contributed by atoms with Crippen molar-refractivity contribution in [3.8, 4) is 23.7 Å². The van der Waals surface area contributed by atoms with Crippen LogP contribution in [0.2, 0.25) is 0 Å². The summed E-state index contributed by atoms with van der Waals surface area (Å²) in [6.45, 7) is 7.02. The van der Waals surface area contributed by atoms with Crippen molar-refractivity contribution in [1.29, 1.82) is 0 Å². The first kappa shape index (κ1) is 27.4. The summed E-state index contributed by atoms with van der Waals surface area (Å²) in [5, 5.41) is 0. The Kier molecular flexibility index (Phi) is 10.8. The number of hydrogen-bond acceptors (Lipinski definition) is 6. The van der Waals surface area contributed by atoms with E-state index in [2.05, 4.69) is 36.8 Å². The molecule has 0 aromatic heterocycles. The van der Waals surface area contributed by atoms with Crippen LogP contribution in [0.25, 0.3) is 0 Å². The summed E-state index contributed by atoms with van der Waals surface area (Å²) in [6, 6.07) is 25.4. The average Bonchev–Trinajstić information content (AvgIpc) is 2.96. The van der Waals surface area contributed by atoms with Crippen LogP contribution in [-0.4, -0.2) is 25.5 Å². The molecule has 0 N–H and O–H groups in total. The molecule has 0 bridgehead atoms. The van der Waals surface area contributed by atoms with E-state index in [0.717, 1.165) is 11.1 Å². The summed E-state index contributed by atoms with van der Waals surface area (Å²) < 4.78 is 21.2. The van der Waals surface area contributed by atoms with Crippen molar-refractivity contribution in [2.75, 3.05) is 13.2 Å². The van der Waals surface area contributed by atoms with Crippen LogP contribution in [0, 0.1) is 23.7 Å². The first-order valence-electron chi connectivity index (χ1n) is 11.7. The van der Waals surface area contributed by atoms with Gasteiger partial charge in [-0.3, -0.25) is 0 Å². The fourth-order valence-electron chi connectivity index (χ4n) is 3.18. The molecule has 6 nitrogen and oxygen atoms in total. The van der Waals surface area contributed by atoms with Crippen LogP contribution in [0.4, 0.5) is 9.59 Å². The Morgan fingerprint density at radius 2 is 1.00 bits per heavy atom. The van der Waals surface area contributed by atoms with Crippen LogP contribution in [0.5, 0.6) is 0 Å². The highest BCUT2D eigenvalue weighted by Gasteiger charge is 2.25. The van der Waals surface area contributed by atoms with Gasteiger partial charge in [0.1, 0.15) is 13.2 Å². The molecule has 3 rings (SSSR count). The van der Waals surface area contributed by atoms with Crippen molar-refractivity contribution < 1.29 is 28.5 Å². The minimum absolute atomic E-state index is 0.0251. The van der Waals surface area contributed by atoms with E-state index in [0.29, 0.717) is 11.1 Å². The zero-order valence-electron chi connectivity index (χ0n) is 20.7. The van der Waals surface area contributed by atoms with E-state index in [1.54, 1.807) is 24.3 Å². The van der Waals surface area contributed by atoms with E-state index in [1.165, 1.54) is 12.2 Å². The van der Waals surface area contributed by atoms with Gasteiger partial charge < -0.3 is 18.9 Å². The Hall–Kier alpha value is -5.20. The molecule has 0 aliphatic rings. The molecule has 3 aromatic carbocycles. The molecule has 0 saturated carbocycles. The third kappa shape index (κ3) is 8.78. The quantitative estimate of drug-likeness (QED) is 0.196. The summed E-state index contributed by atoms with van der Waals surface area (Å²) in [7, 11) is 0. The fourth-order valence-corrected chi connectivity index (χ4v) is 3.18. The molecule has 6 heteroatoms. The number of rotatable bonds is 8. The summed E-state index contributed by atoms with van der Waals surface area (Å²) in [5.74, 6) is 12.0. The Morgan fingerprint density at radius 1 is 0.632 bits per heavy atom. The number of hydrogen-bond donors (Lipinski definition) is 0. The number of benzene rings is 3. The molecule has 2 unspecified atom stereocenters. The van der Waals surface area contributed by atoms with Gasteiger partial charge in [-0.15, -0.1) is 0 Å². The number of carbonyl (C=O) groups excluding carboxylic acids is 2. The molecule has 190 valence electrons. The SMILES string of the molecule is C=CCOC(=O)OC(C#Cc1ccccc1)c1ccccc1C(C#Cc1ccccc1)OC(=O)OCC=C. The predicted molar refractivity (Wildman–Crippen MR) is 144 cm³/mol. The smallest absolute Gasteiger partial charge is 0.430 e. The van der Waals surface area contributed by atoms with Crippen LogP contribution in [0.1, 0.15) is 34.5 Å². The molecule has 0 spiro atoms. The summed E-state index contributed by atoms with van der Waals surface area (Å²) in [4.78, 5) is 24.8. The number of carbonyl (C=O) groups is 2. The van der Waals surface area contributed by atoms with E-state index in [1.807, 2.05) is 60.7 Å². The molecular weight excluding hydrogens is 480 g/mol. The van der Waals surface area contributed by atoms with Crippen molar-refractivity contribution in [2.45, 2.75) is 12.2 Å². The van der Waals surface area contributed by atoms with E-state index in [4.69, 9.17) is 18.9 Å². The molecule has 0 amide bonds. The van der Waals surface area contributed by atoms with Crippen molar-refractivity contribution in [2.24, 2.45) is 0 Å². The van der Waals surface area contributed by atoms with E-state index in [9.17, 15) is 9.59 Å². The lowest BCUT2D eigenvalue weighted by Gasteiger charge is -2.20. The molecule has 0 heterocycles. The highest BCUT2D eigenvalue weighted by Crippen LogP contribution is 2.29. The van der Waals surface area contributed by atoms with Gasteiger partial charge in [-0.05, 0) is 36.1 Å². The van der Waals surface area contributed by atoms with E-state index >= 15 is 0 Å². The lowest BCUT2D eigenvalue weighted by molar-refractivity contribution is 0.0391. The van der Waals surface area contributed by atoms with Crippen LogP contribution < -0.4 is 0 Å². The van der Waals surface area contributed by atoms with Gasteiger partial charge in [0.25, 0.3) is 0 Å². The first-order chi connectivity index (χ1) is 18.6. The fraction of sp³-hybridized carbons (Fsp3) is 0.125. The summed E-state index contributed by atoms with van der Waals surface area (Å²) in [6.07, 6.45) is -1.11. The largest absolute Gasteiger partial charge is 0.510 e. The molecule has 3 aromatic rings. The van der Waals surface area contributed by atoms with Gasteiger partial charge in [-0.25, -0.2) is 9.59 Å². The topological polar surface area (TPSA) is 71.1 Å². The van der Waals surface area contributed by atoms with Crippen molar-refractivity contribution in [3.63, 3.8) is 0 Å². The van der Waals surface area contributed by atoms with Gasteiger partial charge in [0.05, 0.1) is 0 Å². The van der Waals surface area contributed by atoms with Crippen molar-refractivity contribution >= 4 is 12.3 Å². The minimum Gasteiger partial charge on any atom is -0.430 e. The molecule has 2 atom stereocenters. The lowest BCUT2D eigenvalue weighted by atomic mass is 9.97. The van der Waals surface area contributed by atoms with Gasteiger partial charge in [-0.1, -0.05) is 97.8 Å². The second-order valence-electron chi connectivity index (χ2n) is 7.59. The second-order valence-corrected chi connectivity index (χ2v) is 7.59. The molecule has 38 heavy (non-hydrogen) atoms. The molecule has 0 fully saturated rings. The zero-order chi connectivity index (χ0) is 27.0. The highest BCUT2D eigenvalue weighted by molar-refractivity contribution is 5.63. The van der Waals surface area contributed by atoms with Crippen LogP contribution >= 0.6 is 0 Å². The van der Waals surface area contributed by atoms with Crippen LogP contribution in [-0.2, 0) is 18.9 Å². The first-order valence-corrected chi connectivity index (χ1v) is 11.7. The van der Waals surface area contributed by atoms with E-state index in [-0.39, 0.29) is 13.2 Å².